The zero-order chi connectivity index (χ0) is 32.8. The van der Waals surface area contributed by atoms with Gasteiger partial charge in [0.25, 0.3) is 11.5 Å². The molecule has 5 aromatic heterocycles. The van der Waals surface area contributed by atoms with E-state index in [1.165, 1.54) is 43.8 Å². The van der Waals surface area contributed by atoms with Gasteiger partial charge in [-0.1, -0.05) is 56.3 Å². The second-order valence-electron chi connectivity index (χ2n) is 13.3. The van der Waals surface area contributed by atoms with Gasteiger partial charge in [0, 0.05) is 28.0 Å². The van der Waals surface area contributed by atoms with E-state index in [1.54, 1.807) is 0 Å². The fourth-order valence-corrected chi connectivity index (χ4v) is 7.89. The van der Waals surface area contributed by atoms with Gasteiger partial charge in [-0.05, 0) is 73.9 Å². The molecule has 0 amide bonds. The predicted molar refractivity (Wildman–Crippen MR) is 194 cm³/mol. The van der Waals surface area contributed by atoms with Crippen LogP contribution in [0.4, 0.5) is 0 Å². The summed E-state index contributed by atoms with van der Waals surface area (Å²) in [6.45, 7) is 8.86. The van der Waals surface area contributed by atoms with Gasteiger partial charge < -0.3 is 4.74 Å². The third-order valence-electron chi connectivity index (χ3n) is 10.2. The van der Waals surface area contributed by atoms with Gasteiger partial charge in [-0.15, -0.1) is 0 Å². The second kappa shape index (κ2) is 10.4. The highest BCUT2D eigenvalue weighted by molar-refractivity contribution is 6.14. The van der Waals surface area contributed by atoms with Crippen molar-refractivity contribution in [2.45, 2.75) is 33.6 Å². The Labute approximate surface area is 278 Å². The fraction of sp³-hybridized carbons (Fsp3) is 0.167. The molecule has 0 saturated carbocycles. The minimum absolute atomic E-state index is 0.343. The number of aromatic nitrogens is 5. The number of pyridine rings is 3. The number of benzene rings is 4. The van der Waals surface area contributed by atoms with E-state index in [4.69, 9.17) is 9.72 Å². The Morgan fingerprint density at radius 1 is 0.688 bits per heavy atom. The van der Waals surface area contributed by atoms with Crippen molar-refractivity contribution >= 4 is 60.3 Å². The Morgan fingerprint density at radius 2 is 1.44 bits per heavy atom. The molecule has 234 valence electrons. The first-order valence-corrected chi connectivity index (χ1v) is 16.6. The van der Waals surface area contributed by atoms with Crippen LogP contribution in [-0.2, 0) is 14.1 Å². The normalized spacial score (nSPS) is 12.1. The molecule has 6 nitrogen and oxygen atoms in total. The number of para-hydroxylation sites is 3. The standard InChI is InChI=1S/C42H37N5O/c1-25(2)28-15-13-19-34-39(28)40-38(42-45(6)32-17-9-10-18-33(32)46(34)42)26(3)36(24-43-40)48-35-22-21-30-29-14-7-8-16-31(29)47(41(30)27(35)4)37-20-11-12-23-44(37)5/h7-25H,1-6H3/q+2. The van der Waals surface area contributed by atoms with Crippen LogP contribution >= 0.6 is 0 Å². The highest BCUT2D eigenvalue weighted by Gasteiger charge is 2.29. The van der Waals surface area contributed by atoms with E-state index < -0.39 is 0 Å². The Kier molecular flexibility index (Phi) is 6.15. The summed E-state index contributed by atoms with van der Waals surface area (Å²) in [5.41, 5.74) is 11.4. The van der Waals surface area contributed by atoms with E-state index in [0.29, 0.717) is 5.92 Å². The zero-order valence-electron chi connectivity index (χ0n) is 28.1. The van der Waals surface area contributed by atoms with Crippen LogP contribution in [0.3, 0.4) is 0 Å². The topological polar surface area (TPSA) is 39.2 Å². The Bertz CT molecular complexity index is 2790. The molecular weight excluding hydrogens is 590 g/mol. The number of hydrogen-bond donors (Lipinski definition) is 0. The molecule has 0 aliphatic carbocycles. The third-order valence-corrected chi connectivity index (χ3v) is 10.2. The first kappa shape index (κ1) is 28.5. The molecular formula is C42H37N5O+2. The van der Waals surface area contributed by atoms with E-state index in [1.807, 2.05) is 6.20 Å². The fourth-order valence-electron chi connectivity index (χ4n) is 7.89. The van der Waals surface area contributed by atoms with Crippen LogP contribution in [0, 0.1) is 13.8 Å². The molecule has 0 spiro atoms. The number of aryl methyl sites for hydroxylation is 4. The van der Waals surface area contributed by atoms with Crippen LogP contribution in [0.1, 0.15) is 36.5 Å². The lowest BCUT2D eigenvalue weighted by molar-refractivity contribution is -0.665. The molecule has 0 atom stereocenters. The van der Waals surface area contributed by atoms with Crippen LogP contribution in [0.15, 0.2) is 109 Å². The minimum Gasteiger partial charge on any atom is -0.455 e. The van der Waals surface area contributed by atoms with Crippen molar-refractivity contribution in [3.05, 3.63) is 126 Å². The van der Waals surface area contributed by atoms with E-state index in [0.717, 1.165) is 50.5 Å². The maximum Gasteiger partial charge on any atom is 0.297 e. The minimum atomic E-state index is 0.343. The van der Waals surface area contributed by atoms with Gasteiger partial charge >= 0.3 is 0 Å². The Hall–Kier alpha value is -5.75. The molecule has 0 radical (unpaired) electrons. The lowest BCUT2D eigenvalue weighted by Crippen LogP contribution is -2.33. The highest BCUT2D eigenvalue weighted by atomic mass is 16.5. The van der Waals surface area contributed by atoms with Crippen LogP contribution in [-0.4, -0.2) is 14.0 Å². The van der Waals surface area contributed by atoms with Crippen molar-refractivity contribution in [1.82, 2.24) is 14.0 Å². The number of ether oxygens (including phenoxy) is 1. The van der Waals surface area contributed by atoms with E-state index in [2.05, 4.69) is 163 Å². The summed E-state index contributed by atoms with van der Waals surface area (Å²) in [5.74, 6) is 3.01. The average Bonchev–Trinajstić information content (AvgIpc) is 3.59. The molecule has 48 heavy (non-hydrogen) atoms. The number of nitrogens with zero attached hydrogens (tertiary/aromatic N) is 5. The molecule has 0 fully saturated rings. The van der Waals surface area contributed by atoms with Crippen LogP contribution in [0.25, 0.3) is 66.1 Å². The lowest BCUT2D eigenvalue weighted by atomic mass is 9.95. The van der Waals surface area contributed by atoms with Gasteiger partial charge in [0.05, 0.1) is 42.8 Å². The lowest BCUT2D eigenvalue weighted by Gasteiger charge is -2.16. The van der Waals surface area contributed by atoms with Crippen molar-refractivity contribution in [1.29, 1.82) is 0 Å². The number of hydrogen-bond acceptors (Lipinski definition) is 2. The van der Waals surface area contributed by atoms with Gasteiger partial charge in [0.1, 0.15) is 28.0 Å². The molecule has 0 saturated heterocycles. The number of rotatable bonds is 4. The SMILES string of the molecule is Cc1c(Oc2ccc3c4ccccc4n(-c4cccc[n+]4C)c3c2C)cnc2c3c(C(C)C)cccc3n3c4ccccc4[n+](C)c3c12. The molecule has 9 rings (SSSR count). The molecule has 0 aliphatic rings. The first-order chi connectivity index (χ1) is 23.3. The molecule has 6 heteroatoms. The van der Waals surface area contributed by atoms with Crippen molar-refractivity contribution < 1.29 is 13.9 Å². The van der Waals surface area contributed by atoms with Gasteiger partial charge in [-0.25, -0.2) is 9.13 Å². The van der Waals surface area contributed by atoms with Crippen molar-refractivity contribution in [2.75, 3.05) is 0 Å². The van der Waals surface area contributed by atoms with Gasteiger partial charge in [-0.3, -0.25) is 4.98 Å². The summed E-state index contributed by atoms with van der Waals surface area (Å²) in [6, 6.07) is 34.5. The molecule has 9 aromatic rings. The van der Waals surface area contributed by atoms with Crippen molar-refractivity contribution in [3.63, 3.8) is 0 Å². The summed E-state index contributed by atoms with van der Waals surface area (Å²) in [4.78, 5) is 5.21. The van der Waals surface area contributed by atoms with E-state index >= 15 is 0 Å². The largest absolute Gasteiger partial charge is 0.455 e. The van der Waals surface area contributed by atoms with Crippen LogP contribution in [0.2, 0.25) is 0 Å². The molecule has 0 aliphatic heterocycles. The van der Waals surface area contributed by atoms with Crippen LogP contribution in [0.5, 0.6) is 11.5 Å². The van der Waals surface area contributed by atoms with Crippen molar-refractivity contribution in [3.8, 4) is 17.3 Å². The van der Waals surface area contributed by atoms with E-state index in [9.17, 15) is 0 Å². The summed E-state index contributed by atoms with van der Waals surface area (Å²) in [6.07, 6.45) is 4.01. The van der Waals surface area contributed by atoms with Gasteiger partial charge in [-0.2, -0.15) is 8.97 Å². The molecule has 4 aromatic carbocycles. The predicted octanol–water partition coefficient (Wildman–Crippen LogP) is 9.07. The third kappa shape index (κ3) is 3.83. The summed E-state index contributed by atoms with van der Waals surface area (Å²) in [5, 5.41) is 4.73. The molecule has 0 bridgehead atoms. The molecule has 0 N–H and O–H groups in total. The smallest absolute Gasteiger partial charge is 0.297 e. The maximum atomic E-state index is 6.92. The first-order valence-electron chi connectivity index (χ1n) is 16.6. The Morgan fingerprint density at radius 3 is 2.25 bits per heavy atom. The quantitative estimate of drug-likeness (QED) is 0.144. The van der Waals surface area contributed by atoms with Gasteiger partial charge in [0.2, 0.25) is 0 Å². The van der Waals surface area contributed by atoms with Crippen LogP contribution < -0.4 is 13.9 Å². The average molecular weight is 628 g/mol. The molecule has 0 unspecified atom stereocenters. The summed E-state index contributed by atoms with van der Waals surface area (Å²) < 4.78 is 16.2. The second-order valence-corrected chi connectivity index (χ2v) is 13.3. The monoisotopic (exact) mass is 627 g/mol. The number of imidazole rings is 1. The Balaban J connectivity index is 1.33. The summed E-state index contributed by atoms with van der Waals surface area (Å²) in [7, 11) is 4.25. The maximum absolute atomic E-state index is 6.92. The highest BCUT2D eigenvalue weighted by Crippen LogP contribution is 2.42. The number of fused-ring (bicyclic) bond motifs is 11. The van der Waals surface area contributed by atoms with Gasteiger partial charge in [0.15, 0.2) is 11.0 Å². The molecule has 5 heterocycles. The van der Waals surface area contributed by atoms with E-state index in [-0.39, 0.29) is 0 Å². The zero-order valence-corrected chi connectivity index (χ0v) is 28.1. The summed E-state index contributed by atoms with van der Waals surface area (Å²) >= 11 is 0. The van der Waals surface area contributed by atoms with Crippen molar-refractivity contribution in [2.24, 2.45) is 14.1 Å².